The summed E-state index contributed by atoms with van der Waals surface area (Å²) >= 11 is 1.67. The normalized spacial score (nSPS) is 15.4. The molecule has 5 nitrogen and oxygen atoms in total. The Bertz CT molecular complexity index is 757. The van der Waals surface area contributed by atoms with Crippen LogP contribution in [0, 0.1) is 0 Å². The summed E-state index contributed by atoms with van der Waals surface area (Å²) in [4.78, 5) is 19.2. The van der Waals surface area contributed by atoms with Crippen molar-refractivity contribution in [2.24, 2.45) is 4.99 Å². The van der Waals surface area contributed by atoms with E-state index < -0.39 is 0 Å². The van der Waals surface area contributed by atoms with Gasteiger partial charge in [0, 0.05) is 17.9 Å². The highest BCUT2D eigenvalue weighted by Crippen LogP contribution is 2.24. The number of thioether (sulfide) groups is 1. The molecule has 0 saturated carbocycles. The third-order valence-electron chi connectivity index (χ3n) is 3.91. The zero-order chi connectivity index (χ0) is 17.6. The molecule has 1 heterocycles. The van der Waals surface area contributed by atoms with E-state index in [0.717, 1.165) is 34.7 Å². The van der Waals surface area contributed by atoms with Crippen LogP contribution in [0.3, 0.4) is 0 Å². The van der Waals surface area contributed by atoms with Gasteiger partial charge in [-0.2, -0.15) is 0 Å². The first-order valence-corrected chi connectivity index (χ1v) is 8.96. The molecule has 25 heavy (non-hydrogen) atoms. The molecule has 0 N–H and O–H groups in total. The molecular weight excluding hydrogens is 336 g/mol. The molecule has 1 aliphatic heterocycles. The van der Waals surface area contributed by atoms with Gasteiger partial charge in [-0.05, 0) is 48.5 Å². The van der Waals surface area contributed by atoms with E-state index in [1.807, 2.05) is 29.2 Å². The quantitative estimate of drug-likeness (QED) is 0.740. The smallest absolute Gasteiger partial charge is 0.182 e. The van der Waals surface area contributed by atoms with Crippen molar-refractivity contribution in [1.82, 2.24) is 4.90 Å². The molecule has 0 aromatic heterocycles. The number of ether oxygens (including phenoxy) is 2. The Hall–Kier alpha value is -2.47. The fourth-order valence-electron chi connectivity index (χ4n) is 2.49. The van der Waals surface area contributed by atoms with Crippen LogP contribution in [0.5, 0.6) is 11.5 Å². The van der Waals surface area contributed by atoms with Crippen LogP contribution < -0.4 is 9.47 Å². The molecule has 1 fully saturated rings. The average molecular weight is 356 g/mol. The lowest BCUT2D eigenvalue weighted by Gasteiger charge is -2.17. The number of amidine groups is 1. The number of nitrogens with zero attached hydrogens (tertiary/aromatic N) is 2. The SMILES string of the molecule is COc1ccc(N=C2SCCN2CC(=O)c2ccc(OC)cc2)cc1. The molecule has 0 aliphatic carbocycles. The monoisotopic (exact) mass is 356 g/mol. The largest absolute Gasteiger partial charge is 0.497 e. The molecule has 2 aromatic rings. The van der Waals surface area contributed by atoms with Gasteiger partial charge in [0.25, 0.3) is 0 Å². The van der Waals surface area contributed by atoms with Crippen LogP contribution >= 0.6 is 11.8 Å². The van der Waals surface area contributed by atoms with E-state index in [0.29, 0.717) is 12.1 Å². The Kier molecular flexibility index (Phi) is 5.60. The maximum Gasteiger partial charge on any atom is 0.182 e. The standard InChI is InChI=1S/C19H20N2O3S/c1-23-16-7-3-14(4-8-16)18(22)13-21-11-12-25-19(21)20-15-5-9-17(24-2)10-6-15/h3-10H,11-13H2,1-2H3. The maximum absolute atomic E-state index is 12.5. The van der Waals surface area contributed by atoms with E-state index in [1.54, 1.807) is 50.2 Å². The number of methoxy groups -OCH3 is 2. The molecule has 0 amide bonds. The predicted octanol–water partition coefficient (Wildman–Crippen LogP) is 3.62. The van der Waals surface area contributed by atoms with Gasteiger partial charge in [0.05, 0.1) is 26.5 Å². The van der Waals surface area contributed by atoms with Gasteiger partial charge in [0.2, 0.25) is 0 Å². The summed E-state index contributed by atoms with van der Waals surface area (Å²) in [6.07, 6.45) is 0. The molecule has 0 spiro atoms. The van der Waals surface area contributed by atoms with Crippen molar-refractivity contribution < 1.29 is 14.3 Å². The number of ketones is 1. The number of carbonyl (C=O) groups is 1. The maximum atomic E-state index is 12.5. The third kappa shape index (κ3) is 4.33. The fourth-order valence-corrected chi connectivity index (χ4v) is 3.50. The minimum atomic E-state index is 0.0765. The Morgan fingerprint density at radius 2 is 1.64 bits per heavy atom. The lowest BCUT2D eigenvalue weighted by molar-refractivity contribution is 0.0967. The van der Waals surface area contributed by atoms with Gasteiger partial charge >= 0.3 is 0 Å². The molecule has 130 valence electrons. The molecule has 6 heteroatoms. The fraction of sp³-hybridized carbons (Fsp3) is 0.263. The summed E-state index contributed by atoms with van der Waals surface area (Å²) in [7, 11) is 3.25. The minimum absolute atomic E-state index is 0.0765. The van der Waals surface area contributed by atoms with Gasteiger partial charge < -0.3 is 14.4 Å². The molecule has 0 radical (unpaired) electrons. The molecule has 0 bridgehead atoms. The second-order valence-corrected chi connectivity index (χ2v) is 6.58. The third-order valence-corrected chi connectivity index (χ3v) is 4.90. The topological polar surface area (TPSA) is 51.1 Å². The molecule has 0 atom stereocenters. The summed E-state index contributed by atoms with van der Waals surface area (Å²) in [5, 5.41) is 0.882. The Balaban J connectivity index is 1.69. The molecular formula is C19H20N2O3S. The van der Waals surface area contributed by atoms with Crippen LogP contribution in [0.25, 0.3) is 0 Å². The Morgan fingerprint density at radius 3 is 2.24 bits per heavy atom. The lowest BCUT2D eigenvalue weighted by Crippen LogP contribution is -2.30. The van der Waals surface area contributed by atoms with Crippen LogP contribution in [0.1, 0.15) is 10.4 Å². The van der Waals surface area contributed by atoms with E-state index in [2.05, 4.69) is 4.99 Å². The number of carbonyl (C=O) groups excluding carboxylic acids is 1. The average Bonchev–Trinajstić information content (AvgIpc) is 3.09. The van der Waals surface area contributed by atoms with Gasteiger partial charge in [-0.1, -0.05) is 11.8 Å². The lowest BCUT2D eigenvalue weighted by atomic mass is 10.1. The first kappa shape index (κ1) is 17.4. The first-order valence-electron chi connectivity index (χ1n) is 7.97. The van der Waals surface area contributed by atoms with Crippen LogP contribution in [0.15, 0.2) is 53.5 Å². The highest BCUT2D eigenvalue weighted by molar-refractivity contribution is 8.14. The zero-order valence-corrected chi connectivity index (χ0v) is 15.1. The van der Waals surface area contributed by atoms with Crippen molar-refractivity contribution in [3.05, 3.63) is 54.1 Å². The van der Waals surface area contributed by atoms with E-state index in [1.165, 1.54) is 0 Å². The summed E-state index contributed by atoms with van der Waals surface area (Å²) in [6.45, 7) is 1.15. The van der Waals surface area contributed by atoms with Gasteiger partial charge in [-0.25, -0.2) is 4.99 Å². The van der Waals surface area contributed by atoms with E-state index in [-0.39, 0.29) is 5.78 Å². The van der Waals surface area contributed by atoms with Crippen LogP contribution in [-0.4, -0.2) is 48.9 Å². The van der Waals surface area contributed by atoms with Gasteiger partial charge in [0.15, 0.2) is 11.0 Å². The van der Waals surface area contributed by atoms with Crippen molar-refractivity contribution >= 4 is 28.4 Å². The van der Waals surface area contributed by atoms with Gasteiger partial charge in [0.1, 0.15) is 11.5 Å². The number of benzene rings is 2. The van der Waals surface area contributed by atoms with E-state index in [9.17, 15) is 4.79 Å². The van der Waals surface area contributed by atoms with E-state index >= 15 is 0 Å². The predicted molar refractivity (Wildman–Crippen MR) is 101 cm³/mol. The number of Topliss-reactive ketones (excluding diaryl/α,β-unsaturated/α-hetero) is 1. The van der Waals surface area contributed by atoms with Gasteiger partial charge in [-0.3, -0.25) is 4.79 Å². The second kappa shape index (κ2) is 8.07. The highest BCUT2D eigenvalue weighted by atomic mass is 32.2. The van der Waals surface area contributed by atoms with Crippen LogP contribution in [0.2, 0.25) is 0 Å². The van der Waals surface area contributed by atoms with Crippen molar-refractivity contribution in [1.29, 1.82) is 0 Å². The van der Waals surface area contributed by atoms with Crippen molar-refractivity contribution in [2.75, 3.05) is 33.1 Å². The summed E-state index contributed by atoms with van der Waals surface area (Å²) in [5.41, 5.74) is 1.54. The zero-order valence-electron chi connectivity index (χ0n) is 14.3. The molecule has 0 unspecified atom stereocenters. The second-order valence-electron chi connectivity index (χ2n) is 5.51. The van der Waals surface area contributed by atoms with Crippen LogP contribution in [0.4, 0.5) is 5.69 Å². The molecule has 3 rings (SSSR count). The van der Waals surface area contributed by atoms with Crippen LogP contribution in [-0.2, 0) is 0 Å². The van der Waals surface area contributed by atoms with Gasteiger partial charge in [-0.15, -0.1) is 0 Å². The van der Waals surface area contributed by atoms with Crippen molar-refractivity contribution in [3.63, 3.8) is 0 Å². The molecule has 1 saturated heterocycles. The number of aliphatic imine (C=N–C) groups is 1. The number of hydrogen-bond acceptors (Lipinski definition) is 5. The minimum Gasteiger partial charge on any atom is -0.497 e. The Labute approximate surface area is 151 Å². The highest BCUT2D eigenvalue weighted by Gasteiger charge is 2.22. The van der Waals surface area contributed by atoms with E-state index in [4.69, 9.17) is 9.47 Å². The number of hydrogen-bond donors (Lipinski definition) is 0. The number of rotatable bonds is 6. The summed E-state index contributed by atoms with van der Waals surface area (Å²) in [5.74, 6) is 2.56. The van der Waals surface area contributed by atoms with Crippen molar-refractivity contribution in [2.45, 2.75) is 0 Å². The molecule has 1 aliphatic rings. The summed E-state index contributed by atoms with van der Waals surface area (Å²) < 4.78 is 10.3. The first-order chi connectivity index (χ1) is 12.2. The molecule has 2 aromatic carbocycles. The Morgan fingerprint density at radius 1 is 1.04 bits per heavy atom. The van der Waals surface area contributed by atoms with Crippen molar-refractivity contribution in [3.8, 4) is 11.5 Å². The summed E-state index contributed by atoms with van der Waals surface area (Å²) in [6, 6.07) is 14.8.